The summed E-state index contributed by atoms with van der Waals surface area (Å²) in [5, 5.41) is 9.11. The highest BCUT2D eigenvalue weighted by molar-refractivity contribution is 5.97. The van der Waals surface area contributed by atoms with Crippen LogP contribution in [0.15, 0.2) is 47.7 Å². The van der Waals surface area contributed by atoms with Crippen LogP contribution < -0.4 is 9.64 Å². The lowest BCUT2D eigenvalue weighted by Crippen LogP contribution is -2.48. The Morgan fingerprint density at radius 1 is 1.23 bits per heavy atom. The SMILES string of the molecule is COc1ccc(N2C=C3CCC4C(CCC#N)C(C)=CC(=O)C4C3(C)CCC2=O)cc1. The number of anilines is 1. The summed E-state index contributed by atoms with van der Waals surface area (Å²) >= 11 is 0. The van der Waals surface area contributed by atoms with Crippen LogP contribution in [0.5, 0.6) is 5.75 Å². The zero-order valence-electron chi connectivity index (χ0n) is 18.6. The molecule has 0 radical (unpaired) electrons. The fraction of sp³-hybridized carbons (Fsp3) is 0.500. The Kier molecular flexibility index (Phi) is 5.75. The first-order chi connectivity index (χ1) is 14.9. The van der Waals surface area contributed by atoms with Crippen molar-refractivity contribution >= 4 is 17.4 Å². The van der Waals surface area contributed by atoms with Crippen molar-refractivity contribution in [2.45, 2.75) is 52.4 Å². The molecule has 31 heavy (non-hydrogen) atoms. The van der Waals surface area contributed by atoms with Gasteiger partial charge in [-0.3, -0.25) is 14.5 Å². The number of benzene rings is 1. The van der Waals surface area contributed by atoms with Crippen molar-refractivity contribution in [2.24, 2.45) is 23.2 Å². The van der Waals surface area contributed by atoms with E-state index in [0.29, 0.717) is 19.3 Å². The molecule has 2 aliphatic carbocycles. The lowest BCUT2D eigenvalue weighted by molar-refractivity contribution is -0.128. The predicted molar refractivity (Wildman–Crippen MR) is 119 cm³/mol. The van der Waals surface area contributed by atoms with Crippen LogP contribution in [0, 0.1) is 34.5 Å². The fourth-order valence-electron chi connectivity index (χ4n) is 6.03. The second-order valence-corrected chi connectivity index (χ2v) is 9.31. The van der Waals surface area contributed by atoms with Crippen molar-refractivity contribution in [1.82, 2.24) is 0 Å². The maximum absolute atomic E-state index is 13.3. The summed E-state index contributed by atoms with van der Waals surface area (Å²) in [6.07, 6.45) is 8.00. The summed E-state index contributed by atoms with van der Waals surface area (Å²) in [4.78, 5) is 28.1. The molecule has 0 N–H and O–H groups in total. The van der Waals surface area contributed by atoms with Crippen LogP contribution in [0.3, 0.4) is 0 Å². The standard InChI is InChI=1S/C26H30N2O3/c1-17-15-23(29)25-22(21(17)5-4-14-27)11-6-18-16-28(24(30)12-13-26(18,25)2)19-7-9-20(31-3)10-8-19/h7-10,15-16,21-22,25H,4-6,11-13H2,1-3H3. The molecule has 1 aromatic carbocycles. The van der Waals surface area contributed by atoms with E-state index >= 15 is 0 Å². The number of methoxy groups -OCH3 is 1. The van der Waals surface area contributed by atoms with Gasteiger partial charge in [0.2, 0.25) is 5.91 Å². The monoisotopic (exact) mass is 418 g/mol. The number of rotatable bonds is 4. The predicted octanol–water partition coefficient (Wildman–Crippen LogP) is 5.19. The van der Waals surface area contributed by atoms with Crippen molar-refractivity contribution in [2.75, 3.05) is 12.0 Å². The smallest absolute Gasteiger partial charge is 0.231 e. The van der Waals surface area contributed by atoms with Crippen molar-refractivity contribution in [3.63, 3.8) is 0 Å². The molecule has 3 aliphatic rings. The summed E-state index contributed by atoms with van der Waals surface area (Å²) in [6, 6.07) is 9.80. The molecule has 0 bridgehead atoms. The summed E-state index contributed by atoms with van der Waals surface area (Å²) < 4.78 is 5.25. The molecule has 0 saturated heterocycles. The largest absolute Gasteiger partial charge is 0.497 e. The molecule has 162 valence electrons. The average Bonchev–Trinajstić information content (AvgIpc) is 2.89. The zero-order valence-corrected chi connectivity index (χ0v) is 18.6. The fourth-order valence-corrected chi connectivity index (χ4v) is 6.03. The second kappa shape index (κ2) is 8.34. The van der Waals surface area contributed by atoms with Gasteiger partial charge in [-0.05, 0) is 80.4 Å². The van der Waals surface area contributed by atoms with E-state index < -0.39 is 0 Å². The van der Waals surface area contributed by atoms with Crippen molar-refractivity contribution in [3.8, 4) is 11.8 Å². The first-order valence-corrected chi connectivity index (χ1v) is 11.2. The number of carbonyl (C=O) groups excluding carboxylic acids is 2. The average molecular weight is 419 g/mol. The van der Waals surface area contributed by atoms with E-state index in [0.717, 1.165) is 36.3 Å². The molecule has 1 saturated carbocycles. The molecule has 1 aliphatic heterocycles. The summed E-state index contributed by atoms with van der Waals surface area (Å²) in [6.45, 7) is 4.21. The van der Waals surface area contributed by atoms with E-state index in [1.807, 2.05) is 43.5 Å². The molecule has 4 atom stereocenters. The van der Waals surface area contributed by atoms with Gasteiger partial charge in [-0.2, -0.15) is 5.26 Å². The Balaban J connectivity index is 1.71. The minimum absolute atomic E-state index is 0.0563. The van der Waals surface area contributed by atoms with Gasteiger partial charge in [0.15, 0.2) is 5.78 Å². The molecule has 1 fully saturated rings. The Morgan fingerprint density at radius 2 is 1.97 bits per heavy atom. The number of nitrogens with zero attached hydrogens (tertiary/aromatic N) is 2. The quantitative estimate of drug-likeness (QED) is 0.675. The molecule has 4 unspecified atom stereocenters. The zero-order chi connectivity index (χ0) is 22.2. The van der Waals surface area contributed by atoms with Gasteiger partial charge in [0.1, 0.15) is 5.75 Å². The lowest BCUT2D eigenvalue weighted by atomic mass is 9.52. The highest BCUT2D eigenvalue weighted by atomic mass is 16.5. The number of ketones is 1. The highest BCUT2D eigenvalue weighted by Crippen LogP contribution is 2.57. The van der Waals surface area contributed by atoms with Gasteiger partial charge >= 0.3 is 0 Å². The van der Waals surface area contributed by atoms with Crippen LogP contribution in [0.1, 0.15) is 52.4 Å². The third-order valence-corrected chi connectivity index (χ3v) is 7.70. The van der Waals surface area contributed by atoms with Gasteiger partial charge < -0.3 is 4.74 Å². The molecule has 5 heteroatoms. The van der Waals surface area contributed by atoms with Crippen LogP contribution in [0.25, 0.3) is 0 Å². The number of hydrogen-bond donors (Lipinski definition) is 0. The molecule has 4 rings (SSSR count). The number of hydrogen-bond acceptors (Lipinski definition) is 4. The molecule has 1 aromatic rings. The number of amides is 1. The number of ether oxygens (including phenoxy) is 1. The van der Waals surface area contributed by atoms with Crippen LogP contribution >= 0.6 is 0 Å². The van der Waals surface area contributed by atoms with Crippen molar-refractivity contribution < 1.29 is 14.3 Å². The topological polar surface area (TPSA) is 70.4 Å². The van der Waals surface area contributed by atoms with Crippen molar-refractivity contribution in [1.29, 1.82) is 5.26 Å². The molecular formula is C26H30N2O3. The summed E-state index contributed by atoms with van der Waals surface area (Å²) in [7, 11) is 1.62. The Labute approximate surface area is 184 Å². The normalized spacial score (nSPS) is 30.4. The van der Waals surface area contributed by atoms with E-state index in [1.54, 1.807) is 12.0 Å². The van der Waals surface area contributed by atoms with E-state index in [-0.39, 0.29) is 34.9 Å². The third kappa shape index (κ3) is 3.69. The van der Waals surface area contributed by atoms with Crippen LogP contribution in [-0.2, 0) is 9.59 Å². The van der Waals surface area contributed by atoms with E-state index in [1.165, 1.54) is 5.57 Å². The summed E-state index contributed by atoms with van der Waals surface area (Å²) in [5.74, 6) is 1.40. The lowest BCUT2D eigenvalue weighted by Gasteiger charge is -2.51. The van der Waals surface area contributed by atoms with Gasteiger partial charge in [-0.15, -0.1) is 0 Å². The van der Waals surface area contributed by atoms with Crippen LogP contribution in [0.4, 0.5) is 5.69 Å². The number of allylic oxidation sites excluding steroid dienone is 3. The van der Waals surface area contributed by atoms with E-state index in [4.69, 9.17) is 10.00 Å². The van der Waals surface area contributed by atoms with Crippen LogP contribution in [0.2, 0.25) is 0 Å². The second-order valence-electron chi connectivity index (χ2n) is 9.31. The number of nitriles is 1. The maximum Gasteiger partial charge on any atom is 0.231 e. The molecule has 5 nitrogen and oxygen atoms in total. The van der Waals surface area contributed by atoms with Gasteiger partial charge in [0.05, 0.1) is 13.2 Å². The van der Waals surface area contributed by atoms with Gasteiger partial charge in [-0.1, -0.05) is 12.5 Å². The van der Waals surface area contributed by atoms with E-state index in [9.17, 15) is 9.59 Å². The van der Waals surface area contributed by atoms with Gasteiger partial charge in [0.25, 0.3) is 0 Å². The first-order valence-electron chi connectivity index (χ1n) is 11.2. The molecule has 1 heterocycles. The minimum atomic E-state index is -0.334. The third-order valence-electron chi connectivity index (χ3n) is 7.70. The molecule has 1 amide bonds. The minimum Gasteiger partial charge on any atom is -0.497 e. The Bertz CT molecular complexity index is 985. The summed E-state index contributed by atoms with van der Waals surface area (Å²) in [5.41, 5.74) is 2.79. The Morgan fingerprint density at radius 3 is 2.65 bits per heavy atom. The van der Waals surface area contributed by atoms with Crippen molar-refractivity contribution in [3.05, 3.63) is 47.7 Å². The maximum atomic E-state index is 13.3. The molecule has 0 spiro atoms. The number of carbonyl (C=O) groups is 2. The van der Waals surface area contributed by atoms with Gasteiger partial charge in [0, 0.05) is 36.1 Å². The highest BCUT2D eigenvalue weighted by Gasteiger charge is 2.53. The van der Waals surface area contributed by atoms with E-state index in [2.05, 4.69) is 13.0 Å². The van der Waals surface area contributed by atoms with Gasteiger partial charge in [-0.25, -0.2) is 0 Å². The number of fused-ring (bicyclic) bond motifs is 3. The molecular weight excluding hydrogens is 388 g/mol. The van der Waals surface area contributed by atoms with Crippen LogP contribution in [-0.4, -0.2) is 18.8 Å². The Hall–Kier alpha value is -2.87. The molecule has 0 aromatic heterocycles. The first kappa shape index (κ1) is 21.4.